The third-order valence-corrected chi connectivity index (χ3v) is 1.59. The normalized spacial score (nSPS) is 34.8. The fraction of sp³-hybridized carbons (Fsp3) is 1.00. The second-order valence-corrected chi connectivity index (χ2v) is 3.43. The summed E-state index contributed by atoms with van der Waals surface area (Å²) in [6, 6.07) is 0.358. The molecule has 1 aliphatic rings. The van der Waals surface area contributed by atoms with Crippen LogP contribution in [-0.4, -0.2) is 29.6 Å². The minimum atomic E-state index is -0.773. The molecular weight excluding hydrogens is 130 g/mol. The number of nitrogens with one attached hydrogen (secondary N) is 1. The molecule has 1 fully saturated rings. The van der Waals surface area contributed by atoms with Crippen LogP contribution >= 0.6 is 0 Å². The van der Waals surface area contributed by atoms with Crippen molar-refractivity contribution in [3.63, 3.8) is 0 Å². The first-order chi connectivity index (χ1) is 4.50. The molecule has 1 aliphatic heterocycles. The van der Waals surface area contributed by atoms with E-state index in [4.69, 9.17) is 4.74 Å². The SMILES string of the molecule is C[C@H]1COC(C(C)(C)O)N1. The summed E-state index contributed by atoms with van der Waals surface area (Å²) in [5.74, 6) is 0. The molecule has 2 atom stereocenters. The van der Waals surface area contributed by atoms with E-state index in [1.165, 1.54) is 0 Å². The van der Waals surface area contributed by atoms with Gasteiger partial charge in [-0.3, -0.25) is 5.32 Å². The highest BCUT2D eigenvalue weighted by atomic mass is 16.5. The molecule has 10 heavy (non-hydrogen) atoms. The Morgan fingerprint density at radius 1 is 1.60 bits per heavy atom. The quantitative estimate of drug-likeness (QED) is 0.549. The van der Waals surface area contributed by atoms with E-state index < -0.39 is 5.60 Å². The Kier molecular flexibility index (Phi) is 1.99. The van der Waals surface area contributed by atoms with E-state index in [-0.39, 0.29) is 6.23 Å². The van der Waals surface area contributed by atoms with Gasteiger partial charge >= 0.3 is 0 Å². The number of ether oxygens (including phenoxy) is 1. The van der Waals surface area contributed by atoms with Crippen molar-refractivity contribution in [2.45, 2.75) is 38.6 Å². The Morgan fingerprint density at radius 2 is 2.20 bits per heavy atom. The van der Waals surface area contributed by atoms with Gasteiger partial charge in [0.25, 0.3) is 0 Å². The Labute approximate surface area is 61.4 Å². The molecule has 0 saturated carbocycles. The van der Waals surface area contributed by atoms with Crippen molar-refractivity contribution in [2.24, 2.45) is 0 Å². The summed E-state index contributed by atoms with van der Waals surface area (Å²) in [5, 5.41) is 12.6. The zero-order chi connectivity index (χ0) is 7.78. The first kappa shape index (κ1) is 7.98. The van der Waals surface area contributed by atoms with Gasteiger partial charge in [-0.25, -0.2) is 0 Å². The van der Waals surface area contributed by atoms with Crippen molar-refractivity contribution in [3.05, 3.63) is 0 Å². The fourth-order valence-corrected chi connectivity index (χ4v) is 1.00. The van der Waals surface area contributed by atoms with Crippen molar-refractivity contribution in [2.75, 3.05) is 6.61 Å². The van der Waals surface area contributed by atoms with Crippen LogP contribution in [0.5, 0.6) is 0 Å². The topological polar surface area (TPSA) is 41.5 Å². The van der Waals surface area contributed by atoms with Crippen LogP contribution in [0, 0.1) is 0 Å². The summed E-state index contributed by atoms with van der Waals surface area (Å²) in [6.07, 6.45) is -0.206. The standard InChI is InChI=1S/C7H15NO2/c1-5-4-10-6(8-5)7(2,3)9/h5-6,8-9H,4H2,1-3H3/t5-,6?/m0/s1. The molecular formula is C7H15NO2. The first-order valence-corrected chi connectivity index (χ1v) is 3.60. The summed E-state index contributed by atoms with van der Waals surface area (Å²) >= 11 is 0. The van der Waals surface area contributed by atoms with Crippen molar-refractivity contribution >= 4 is 0 Å². The third-order valence-electron chi connectivity index (χ3n) is 1.59. The fourth-order valence-electron chi connectivity index (χ4n) is 1.00. The molecule has 2 N–H and O–H groups in total. The van der Waals surface area contributed by atoms with Gasteiger partial charge in [0, 0.05) is 6.04 Å². The molecule has 1 heterocycles. The van der Waals surface area contributed by atoms with Crippen LogP contribution in [-0.2, 0) is 4.74 Å². The van der Waals surface area contributed by atoms with Gasteiger partial charge in [-0.2, -0.15) is 0 Å². The van der Waals surface area contributed by atoms with Gasteiger partial charge in [0.1, 0.15) is 6.23 Å². The lowest BCUT2D eigenvalue weighted by Crippen LogP contribution is -2.45. The molecule has 0 aromatic carbocycles. The summed E-state index contributed by atoms with van der Waals surface area (Å²) in [5.41, 5.74) is -0.773. The summed E-state index contributed by atoms with van der Waals surface area (Å²) in [7, 11) is 0. The van der Waals surface area contributed by atoms with E-state index >= 15 is 0 Å². The maximum atomic E-state index is 9.45. The lowest BCUT2D eigenvalue weighted by Gasteiger charge is -2.24. The van der Waals surface area contributed by atoms with Gasteiger partial charge in [-0.1, -0.05) is 0 Å². The minimum absolute atomic E-state index is 0.206. The third kappa shape index (κ3) is 1.68. The lowest BCUT2D eigenvalue weighted by atomic mass is 10.1. The van der Waals surface area contributed by atoms with Gasteiger partial charge in [-0.15, -0.1) is 0 Å². The molecule has 1 saturated heterocycles. The van der Waals surface area contributed by atoms with E-state index in [9.17, 15) is 5.11 Å². The van der Waals surface area contributed by atoms with Crippen LogP contribution in [0.4, 0.5) is 0 Å². The maximum absolute atomic E-state index is 9.45. The van der Waals surface area contributed by atoms with Gasteiger partial charge in [-0.05, 0) is 20.8 Å². The van der Waals surface area contributed by atoms with Crippen LogP contribution in [0.25, 0.3) is 0 Å². The predicted molar refractivity (Wildman–Crippen MR) is 38.6 cm³/mol. The Balaban J connectivity index is 2.45. The monoisotopic (exact) mass is 145 g/mol. The number of hydrogen-bond donors (Lipinski definition) is 2. The van der Waals surface area contributed by atoms with Crippen LogP contribution in [0.1, 0.15) is 20.8 Å². The minimum Gasteiger partial charge on any atom is -0.386 e. The van der Waals surface area contributed by atoms with Crippen molar-refractivity contribution < 1.29 is 9.84 Å². The molecule has 0 aromatic heterocycles. The van der Waals surface area contributed by atoms with E-state index in [0.717, 1.165) is 0 Å². The van der Waals surface area contributed by atoms with Crippen LogP contribution in [0.2, 0.25) is 0 Å². The Bertz CT molecular complexity index is 119. The average Bonchev–Trinajstić information content (AvgIpc) is 2.11. The van der Waals surface area contributed by atoms with E-state index in [2.05, 4.69) is 5.32 Å². The molecule has 0 bridgehead atoms. The molecule has 0 aromatic rings. The average molecular weight is 145 g/mol. The predicted octanol–water partition coefficient (Wildman–Crippen LogP) is 0.0917. The zero-order valence-corrected chi connectivity index (χ0v) is 6.72. The van der Waals surface area contributed by atoms with Gasteiger partial charge in [0.2, 0.25) is 0 Å². The second kappa shape index (κ2) is 2.49. The summed E-state index contributed by atoms with van der Waals surface area (Å²) in [6.45, 7) is 6.20. The van der Waals surface area contributed by atoms with E-state index in [1.807, 2.05) is 6.92 Å². The Hall–Kier alpha value is -0.120. The number of rotatable bonds is 1. The van der Waals surface area contributed by atoms with Crippen molar-refractivity contribution in [3.8, 4) is 0 Å². The van der Waals surface area contributed by atoms with Gasteiger partial charge in [0.05, 0.1) is 12.2 Å². The van der Waals surface area contributed by atoms with Crippen molar-refractivity contribution in [1.29, 1.82) is 0 Å². The highest BCUT2D eigenvalue weighted by Crippen LogP contribution is 2.15. The first-order valence-electron chi connectivity index (χ1n) is 3.60. The van der Waals surface area contributed by atoms with Crippen molar-refractivity contribution in [1.82, 2.24) is 5.32 Å². The van der Waals surface area contributed by atoms with E-state index in [0.29, 0.717) is 12.6 Å². The molecule has 0 spiro atoms. The Morgan fingerprint density at radius 3 is 2.40 bits per heavy atom. The number of hydrogen-bond acceptors (Lipinski definition) is 3. The number of aliphatic hydroxyl groups is 1. The molecule has 0 aliphatic carbocycles. The molecule has 0 amide bonds. The zero-order valence-electron chi connectivity index (χ0n) is 6.72. The van der Waals surface area contributed by atoms with Crippen LogP contribution < -0.4 is 5.32 Å². The molecule has 1 unspecified atom stereocenters. The highest BCUT2D eigenvalue weighted by molar-refractivity contribution is 4.83. The molecule has 3 heteroatoms. The lowest BCUT2D eigenvalue weighted by molar-refractivity contribution is -0.0688. The smallest absolute Gasteiger partial charge is 0.136 e. The molecule has 1 rings (SSSR count). The largest absolute Gasteiger partial charge is 0.386 e. The van der Waals surface area contributed by atoms with E-state index in [1.54, 1.807) is 13.8 Å². The molecule has 60 valence electrons. The molecule has 3 nitrogen and oxygen atoms in total. The summed E-state index contributed by atoms with van der Waals surface area (Å²) in [4.78, 5) is 0. The van der Waals surface area contributed by atoms with Crippen LogP contribution in [0.3, 0.4) is 0 Å². The highest BCUT2D eigenvalue weighted by Gasteiger charge is 2.33. The van der Waals surface area contributed by atoms with Crippen LogP contribution in [0.15, 0.2) is 0 Å². The second-order valence-electron chi connectivity index (χ2n) is 3.43. The van der Waals surface area contributed by atoms with Gasteiger partial charge in [0.15, 0.2) is 0 Å². The molecule has 0 radical (unpaired) electrons. The van der Waals surface area contributed by atoms with Gasteiger partial charge < -0.3 is 9.84 Å². The summed E-state index contributed by atoms with van der Waals surface area (Å²) < 4.78 is 5.27. The maximum Gasteiger partial charge on any atom is 0.136 e.